The van der Waals surface area contributed by atoms with Gasteiger partial charge in [-0.2, -0.15) is 5.10 Å². The number of aromatic nitrogens is 2. The Balaban J connectivity index is 1.86. The summed E-state index contributed by atoms with van der Waals surface area (Å²) in [5.41, 5.74) is 0.890. The highest BCUT2D eigenvalue weighted by Crippen LogP contribution is 2.21. The number of H-pyrrole nitrogens is 1. The van der Waals surface area contributed by atoms with Crippen LogP contribution in [-0.4, -0.2) is 10.2 Å². The van der Waals surface area contributed by atoms with Gasteiger partial charge in [-0.15, -0.1) is 0 Å². The van der Waals surface area contributed by atoms with Gasteiger partial charge < -0.3 is 5.32 Å². The Hall–Kier alpha value is -2.47. The molecule has 0 spiro atoms. The number of hydrogen-bond acceptors (Lipinski definition) is 3. The van der Waals surface area contributed by atoms with Crippen molar-refractivity contribution in [2.24, 2.45) is 0 Å². The Morgan fingerprint density at radius 2 is 1.91 bits per heavy atom. The molecule has 0 radical (unpaired) electrons. The van der Waals surface area contributed by atoms with Crippen LogP contribution in [0.1, 0.15) is 5.56 Å². The first-order valence-electron chi connectivity index (χ1n) is 6.40. The van der Waals surface area contributed by atoms with Crippen molar-refractivity contribution in [3.8, 4) is 0 Å². The lowest BCUT2D eigenvalue weighted by molar-refractivity contribution is 0.507. The summed E-state index contributed by atoms with van der Waals surface area (Å²) < 4.78 is 26.0. The molecule has 22 heavy (non-hydrogen) atoms. The number of nitrogens with zero attached hydrogens (tertiary/aromatic N) is 1. The third-order valence-electron chi connectivity index (χ3n) is 3.22. The zero-order valence-electron chi connectivity index (χ0n) is 11.2. The largest absolute Gasteiger partial charge is 0.381 e. The highest BCUT2D eigenvalue weighted by molar-refractivity contribution is 6.34. The van der Waals surface area contributed by atoms with Crippen molar-refractivity contribution in [2.45, 2.75) is 6.54 Å². The molecule has 112 valence electrons. The minimum absolute atomic E-state index is 0.210. The van der Waals surface area contributed by atoms with E-state index in [4.69, 9.17) is 11.6 Å². The van der Waals surface area contributed by atoms with Gasteiger partial charge in [0.05, 0.1) is 5.39 Å². The first-order chi connectivity index (χ1) is 10.5. The molecular formula is C15H10ClF2N3O. The van der Waals surface area contributed by atoms with Gasteiger partial charge in [0.15, 0.2) is 16.8 Å². The van der Waals surface area contributed by atoms with E-state index in [0.29, 0.717) is 28.6 Å². The second-order valence-electron chi connectivity index (χ2n) is 4.71. The smallest absolute Gasteiger partial charge is 0.272 e. The molecule has 0 amide bonds. The van der Waals surface area contributed by atoms with Crippen molar-refractivity contribution in [3.05, 3.63) is 69.1 Å². The van der Waals surface area contributed by atoms with Crippen LogP contribution >= 0.6 is 11.6 Å². The van der Waals surface area contributed by atoms with Crippen LogP contribution in [0.25, 0.3) is 10.8 Å². The standard InChI is InChI=1S/C15H10ClF2N3O/c16-14-10-3-2-9(6-11(10)15(22)21-20-14)19-7-8-1-4-12(17)13(18)5-8/h1-6,19H,7H2,(H,21,22). The Morgan fingerprint density at radius 3 is 2.68 bits per heavy atom. The molecule has 3 rings (SSSR count). The molecule has 0 saturated carbocycles. The third-order valence-corrected chi connectivity index (χ3v) is 3.51. The maximum absolute atomic E-state index is 13.1. The van der Waals surface area contributed by atoms with Crippen molar-refractivity contribution in [2.75, 3.05) is 5.32 Å². The lowest BCUT2D eigenvalue weighted by Gasteiger charge is -2.08. The number of benzene rings is 2. The topological polar surface area (TPSA) is 57.8 Å². The van der Waals surface area contributed by atoms with Crippen molar-refractivity contribution >= 4 is 28.1 Å². The number of nitrogens with one attached hydrogen (secondary N) is 2. The van der Waals surface area contributed by atoms with Gasteiger partial charge in [0.1, 0.15) is 0 Å². The fourth-order valence-corrected chi connectivity index (χ4v) is 2.30. The molecule has 0 saturated heterocycles. The molecule has 0 aliphatic heterocycles. The highest BCUT2D eigenvalue weighted by Gasteiger charge is 2.06. The van der Waals surface area contributed by atoms with E-state index in [1.807, 2.05) is 0 Å². The molecule has 1 heterocycles. The van der Waals surface area contributed by atoms with Gasteiger partial charge in [-0.05, 0) is 35.9 Å². The molecule has 0 unspecified atom stereocenters. The maximum atomic E-state index is 13.1. The summed E-state index contributed by atoms with van der Waals surface area (Å²) in [5, 5.41) is 10.2. The molecule has 2 aromatic carbocycles. The first kappa shape index (κ1) is 14.5. The van der Waals surface area contributed by atoms with Crippen LogP contribution in [0.4, 0.5) is 14.5 Å². The Morgan fingerprint density at radius 1 is 1.09 bits per heavy atom. The molecule has 0 fully saturated rings. The lowest BCUT2D eigenvalue weighted by atomic mass is 10.1. The van der Waals surface area contributed by atoms with Crippen molar-refractivity contribution in [1.29, 1.82) is 0 Å². The summed E-state index contributed by atoms with van der Waals surface area (Å²) in [6.45, 7) is 0.291. The fraction of sp³-hybridized carbons (Fsp3) is 0.0667. The molecule has 0 bridgehead atoms. The fourth-order valence-electron chi connectivity index (χ4n) is 2.10. The maximum Gasteiger partial charge on any atom is 0.272 e. The minimum atomic E-state index is -0.896. The van der Waals surface area contributed by atoms with E-state index in [1.165, 1.54) is 6.07 Å². The van der Waals surface area contributed by atoms with Gasteiger partial charge in [0.25, 0.3) is 5.56 Å². The van der Waals surface area contributed by atoms with E-state index < -0.39 is 11.6 Å². The summed E-state index contributed by atoms with van der Waals surface area (Å²) >= 11 is 5.91. The van der Waals surface area contributed by atoms with Crippen molar-refractivity contribution < 1.29 is 8.78 Å². The quantitative estimate of drug-likeness (QED) is 0.776. The number of aromatic amines is 1. The number of rotatable bonds is 3. The van der Waals surface area contributed by atoms with Crippen LogP contribution in [0, 0.1) is 11.6 Å². The molecule has 3 aromatic rings. The zero-order valence-corrected chi connectivity index (χ0v) is 11.9. The molecule has 7 heteroatoms. The summed E-state index contributed by atoms with van der Waals surface area (Å²) in [6, 6.07) is 8.71. The monoisotopic (exact) mass is 321 g/mol. The Labute approximate surface area is 128 Å². The van der Waals surface area contributed by atoms with E-state index in [0.717, 1.165) is 12.1 Å². The summed E-state index contributed by atoms with van der Waals surface area (Å²) in [7, 11) is 0. The number of halogens is 3. The van der Waals surface area contributed by atoms with Gasteiger partial charge in [-0.3, -0.25) is 4.79 Å². The molecule has 0 aliphatic carbocycles. The van der Waals surface area contributed by atoms with Gasteiger partial charge in [0, 0.05) is 17.6 Å². The zero-order chi connectivity index (χ0) is 15.7. The first-order valence-corrected chi connectivity index (χ1v) is 6.78. The summed E-state index contributed by atoms with van der Waals surface area (Å²) in [6.07, 6.45) is 0. The second-order valence-corrected chi connectivity index (χ2v) is 5.06. The Kier molecular flexibility index (Phi) is 3.77. The third kappa shape index (κ3) is 2.78. The molecule has 0 atom stereocenters. The predicted molar refractivity (Wildman–Crippen MR) is 81.1 cm³/mol. The Bertz CT molecular complexity index is 911. The molecule has 4 nitrogen and oxygen atoms in total. The molecule has 1 aromatic heterocycles. The van der Waals surface area contributed by atoms with Gasteiger partial charge in [-0.25, -0.2) is 13.9 Å². The average molecular weight is 322 g/mol. The molecule has 2 N–H and O–H groups in total. The second kappa shape index (κ2) is 5.73. The SMILES string of the molecule is O=c1[nH]nc(Cl)c2ccc(NCc3ccc(F)c(F)c3)cc12. The summed E-state index contributed by atoms with van der Waals surface area (Å²) in [4.78, 5) is 11.7. The van der Waals surface area contributed by atoms with E-state index in [1.54, 1.807) is 18.2 Å². The molecule has 0 aliphatic rings. The van der Waals surface area contributed by atoms with Crippen LogP contribution < -0.4 is 10.9 Å². The van der Waals surface area contributed by atoms with Gasteiger partial charge >= 0.3 is 0 Å². The van der Waals surface area contributed by atoms with E-state index in [2.05, 4.69) is 15.5 Å². The van der Waals surface area contributed by atoms with Gasteiger partial charge in [0.2, 0.25) is 0 Å². The van der Waals surface area contributed by atoms with Crippen LogP contribution in [0.15, 0.2) is 41.2 Å². The van der Waals surface area contributed by atoms with Crippen LogP contribution in [-0.2, 0) is 6.54 Å². The number of hydrogen-bond donors (Lipinski definition) is 2. The van der Waals surface area contributed by atoms with Crippen LogP contribution in [0.5, 0.6) is 0 Å². The van der Waals surface area contributed by atoms with Crippen molar-refractivity contribution in [3.63, 3.8) is 0 Å². The highest BCUT2D eigenvalue weighted by atomic mass is 35.5. The number of anilines is 1. The van der Waals surface area contributed by atoms with Crippen LogP contribution in [0.2, 0.25) is 5.15 Å². The average Bonchev–Trinajstić information content (AvgIpc) is 2.52. The summed E-state index contributed by atoms with van der Waals surface area (Å²) in [5.74, 6) is -1.78. The van der Waals surface area contributed by atoms with Gasteiger partial charge in [-0.1, -0.05) is 17.7 Å². The van der Waals surface area contributed by atoms with E-state index >= 15 is 0 Å². The predicted octanol–water partition coefficient (Wildman–Crippen LogP) is 3.47. The van der Waals surface area contributed by atoms with Crippen LogP contribution in [0.3, 0.4) is 0 Å². The van der Waals surface area contributed by atoms with E-state index in [9.17, 15) is 13.6 Å². The minimum Gasteiger partial charge on any atom is -0.381 e. The molecular weight excluding hydrogens is 312 g/mol. The normalized spacial score (nSPS) is 10.9. The van der Waals surface area contributed by atoms with E-state index in [-0.39, 0.29) is 10.7 Å². The van der Waals surface area contributed by atoms with Crippen molar-refractivity contribution in [1.82, 2.24) is 10.2 Å². The number of fused-ring (bicyclic) bond motifs is 1. The lowest BCUT2D eigenvalue weighted by Crippen LogP contribution is -2.09.